The van der Waals surface area contributed by atoms with E-state index in [0.717, 1.165) is 25.9 Å². The molecule has 1 N–H and O–H groups in total. The summed E-state index contributed by atoms with van der Waals surface area (Å²) in [5.74, 6) is -0.467. The largest absolute Gasteiger partial charge is 0.481 e. The fraction of sp³-hybridized carbons (Fsp3) is 0.500. The summed E-state index contributed by atoms with van der Waals surface area (Å²) in [7, 11) is 0. The molecule has 1 heterocycles. The number of nitrogens with zero attached hydrogens (tertiary/aromatic N) is 1. The molecule has 5 nitrogen and oxygen atoms in total. The number of carbonyl (C=O) groups excluding carboxylic acids is 1. The van der Waals surface area contributed by atoms with Gasteiger partial charge in [-0.2, -0.15) is 0 Å². The van der Waals surface area contributed by atoms with E-state index in [1.54, 1.807) is 19.1 Å². The Hall–Kier alpha value is -2.04. The van der Waals surface area contributed by atoms with E-state index in [0.29, 0.717) is 5.75 Å². The summed E-state index contributed by atoms with van der Waals surface area (Å²) in [6, 6.07) is 6.10. The van der Waals surface area contributed by atoms with Crippen molar-refractivity contribution in [3.05, 3.63) is 29.8 Å². The van der Waals surface area contributed by atoms with Gasteiger partial charge in [-0.1, -0.05) is 12.8 Å². The van der Waals surface area contributed by atoms with E-state index in [1.807, 2.05) is 4.90 Å². The number of ether oxygens (including phenoxy) is 1. The lowest BCUT2D eigenvalue weighted by atomic mass is 10.2. The first-order chi connectivity index (χ1) is 10.1. The maximum Gasteiger partial charge on any atom is 0.335 e. The summed E-state index contributed by atoms with van der Waals surface area (Å²) in [6.07, 6.45) is 3.89. The molecular formula is C16H21NO4. The number of amides is 1. The molecule has 0 aliphatic carbocycles. The molecule has 1 atom stereocenters. The topological polar surface area (TPSA) is 66.8 Å². The summed E-state index contributed by atoms with van der Waals surface area (Å²) in [6.45, 7) is 3.33. The van der Waals surface area contributed by atoms with Gasteiger partial charge in [-0.3, -0.25) is 4.79 Å². The smallest absolute Gasteiger partial charge is 0.335 e. The van der Waals surface area contributed by atoms with Crippen LogP contribution in [0.5, 0.6) is 5.75 Å². The first-order valence-electron chi connectivity index (χ1n) is 7.37. The highest BCUT2D eigenvalue weighted by Crippen LogP contribution is 2.16. The van der Waals surface area contributed by atoms with Gasteiger partial charge in [-0.25, -0.2) is 4.79 Å². The van der Waals surface area contributed by atoms with Gasteiger partial charge in [0.2, 0.25) is 0 Å². The van der Waals surface area contributed by atoms with Crippen LogP contribution < -0.4 is 4.74 Å². The Balaban J connectivity index is 1.94. The summed E-state index contributed by atoms with van der Waals surface area (Å²) >= 11 is 0. The van der Waals surface area contributed by atoms with Gasteiger partial charge in [0.1, 0.15) is 5.75 Å². The predicted molar refractivity (Wildman–Crippen MR) is 78.5 cm³/mol. The first kappa shape index (κ1) is 15.4. The number of carbonyl (C=O) groups is 2. The quantitative estimate of drug-likeness (QED) is 0.925. The Morgan fingerprint density at radius 2 is 1.67 bits per heavy atom. The minimum absolute atomic E-state index is 0.000730. The zero-order valence-corrected chi connectivity index (χ0v) is 12.2. The van der Waals surface area contributed by atoms with Gasteiger partial charge in [-0.05, 0) is 44.0 Å². The summed E-state index contributed by atoms with van der Waals surface area (Å²) in [5, 5.41) is 8.84. The molecule has 2 rings (SSSR count). The Morgan fingerprint density at radius 3 is 2.19 bits per heavy atom. The van der Waals surface area contributed by atoms with Crippen molar-refractivity contribution in [2.45, 2.75) is 38.7 Å². The molecule has 0 radical (unpaired) electrons. The fourth-order valence-electron chi connectivity index (χ4n) is 2.48. The average Bonchev–Trinajstić information content (AvgIpc) is 2.76. The molecule has 1 saturated heterocycles. The van der Waals surface area contributed by atoms with Crippen molar-refractivity contribution in [2.75, 3.05) is 13.1 Å². The van der Waals surface area contributed by atoms with Crippen molar-refractivity contribution < 1.29 is 19.4 Å². The van der Waals surface area contributed by atoms with Crippen molar-refractivity contribution in [1.82, 2.24) is 4.90 Å². The molecule has 5 heteroatoms. The Morgan fingerprint density at radius 1 is 1.10 bits per heavy atom. The lowest BCUT2D eigenvalue weighted by Gasteiger charge is -2.24. The predicted octanol–water partition coefficient (Wildman–Crippen LogP) is 2.55. The van der Waals surface area contributed by atoms with E-state index in [-0.39, 0.29) is 11.5 Å². The van der Waals surface area contributed by atoms with Crippen LogP contribution in [0.1, 0.15) is 43.0 Å². The molecule has 1 aliphatic heterocycles. The van der Waals surface area contributed by atoms with E-state index < -0.39 is 12.1 Å². The minimum Gasteiger partial charge on any atom is -0.481 e. The van der Waals surface area contributed by atoms with Crippen LogP contribution in [0.15, 0.2) is 24.3 Å². The number of hydrogen-bond acceptors (Lipinski definition) is 3. The maximum atomic E-state index is 12.3. The molecule has 0 spiro atoms. The average molecular weight is 291 g/mol. The van der Waals surface area contributed by atoms with Crippen molar-refractivity contribution >= 4 is 11.9 Å². The van der Waals surface area contributed by atoms with E-state index >= 15 is 0 Å². The zero-order valence-electron chi connectivity index (χ0n) is 12.2. The number of carboxylic acids is 1. The number of benzene rings is 1. The molecule has 114 valence electrons. The SMILES string of the molecule is CC(Oc1ccc(C(=O)O)cc1)C(=O)N1CCCCCC1. The van der Waals surface area contributed by atoms with Crippen molar-refractivity contribution in [3.8, 4) is 5.75 Å². The molecule has 1 aromatic rings. The molecule has 1 aliphatic rings. The van der Waals surface area contributed by atoms with Gasteiger partial charge < -0.3 is 14.7 Å². The van der Waals surface area contributed by atoms with Gasteiger partial charge in [0.15, 0.2) is 6.10 Å². The highest BCUT2D eigenvalue weighted by Gasteiger charge is 2.22. The van der Waals surface area contributed by atoms with Crippen LogP contribution in [-0.2, 0) is 4.79 Å². The molecule has 0 bridgehead atoms. The minimum atomic E-state index is -0.977. The summed E-state index contributed by atoms with van der Waals surface area (Å²) in [4.78, 5) is 25.0. The lowest BCUT2D eigenvalue weighted by Crippen LogP contribution is -2.40. The Labute approximate surface area is 124 Å². The lowest BCUT2D eigenvalue weighted by molar-refractivity contribution is -0.137. The van der Waals surface area contributed by atoms with Gasteiger partial charge >= 0.3 is 5.97 Å². The van der Waals surface area contributed by atoms with Gasteiger partial charge in [0.25, 0.3) is 5.91 Å². The zero-order chi connectivity index (χ0) is 15.2. The monoisotopic (exact) mass is 291 g/mol. The number of aromatic carboxylic acids is 1. The number of carboxylic acid groups (broad SMARTS) is 1. The van der Waals surface area contributed by atoms with E-state index in [2.05, 4.69) is 0 Å². The highest BCUT2D eigenvalue weighted by atomic mass is 16.5. The molecular weight excluding hydrogens is 270 g/mol. The van der Waals surface area contributed by atoms with Crippen molar-refractivity contribution in [3.63, 3.8) is 0 Å². The van der Waals surface area contributed by atoms with E-state index in [9.17, 15) is 9.59 Å². The standard InChI is InChI=1S/C16H21NO4/c1-12(15(18)17-10-4-2-3-5-11-17)21-14-8-6-13(7-9-14)16(19)20/h6-9,12H,2-5,10-11H2,1H3,(H,19,20). The Kier molecular flexibility index (Phi) is 5.20. The number of likely N-dealkylation sites (tertiary alicyclic amines) is 1. The molecule has 21 heavy (non-hydrogen) atoms. The summed E-state index contributed by atoms with van der Waals surface area (Å²) < 4.78 is 5.62. The maximum absolute atomic E-state index is 12.3. The third-order valence-corrected chi connectivity index (χ3v) is 3.68. The van der Waals surface area contributed by atoms with Crippen LogP contribution in [0.25, 0.3) is 0 Å². The van der Waals surface area contributed by atoms with Crippen LogP contribution in [0.4, 0.5) is 0 Å². The van der Waals surface area contributed by atoms with Crippen LogP contribution in [0, 0.1) is 0 Å². The van der Waals surface area contributed by atoms with Crippen LogP contribution in [-0.4, -0.2) is 41.1 Å². The second kappa shape index (κ2) is 7.11. The molecule has 1 aromatic carbocycles. The van der Waals surface area contributed by atoms with Crippen molar-refractivity contribution in [2.24, 2.45) is 0 Å². The third-order valence-electron chi connectivity index (χ3n) is 3.68. The van der Waals surface area contributed by atoms with Crippen LogP contribution >= 0.6 is 0 Å². The van der Waals surface area contributed by atoms with E-state index in [1.165, 1.54) is 25.0 Å². The first-order valence-corrected chi connectivity index (χ1v) is 7.37. The normalized spacial score (nSPS) is 16.9. The molecule has 0 aromatic heterocycles. The fourth-order valence-corrected chi connectivity index (χ4v) is 2.48. The van der Waals surface area contributed by atoms with Crippen LogP contribution in [0.3, 0.4) is 0 Å². The number of rotatable bonds is 4. The molecule has 0 saturated carbocycles. The molecule has 1 amide bonds. The van der Waals surface area contributed by atoms with Crippen LogP contribution in [0.2, 0.25) is 0 Å². The number of hydrogen-bond donors (Lipinski definition) is 1. The second-order valence-electron chi connectivity index (χ2n) is 5.33. The third kappa shape index (κ3) is 4.21. The van der Waals surface area contributed by atoms with E-state index in [4.69, 9.17) is 9.84 Å². The second-order valence-corrected chi connectivity index (χ2v) is 5.33. The van der Waals surface area contributed by atoms with Gasteiger partial charge in [0, 0.05) is 13.1 Å². The van der Waals surface area contributed by atoms with Crippen molar-refractivity contribution in [1.29, 1.82) is 0 Å². The molecule has 1 unspecified atom stereocenters. The Bertz CT molecular complexity index is 490. The highest BCUT2D eigenvalue weighted by molar-refractivity contribution is 5.87. The van der Waals surface area contributed by atoms with Gasteiger partial charge in [-0.15, -0.1) is 0 Å². The molecule has 1 fully saturated rings. The summed E-state index contributed by atoms with van der Waals surface area (Å²) in [5.41, 5.74) is 0.203. The van der Waals surface area contributed by atoms with Gasteiger partial charge in [0.05, 0.1) is 5.56 Å².